The summed E-state index contributed by atoms with van der Waals surface area (Å²) in [6.07, 6.45) is 0.683. The van der Waals surface area contributed by atoms with Gasteiger partial charge in [0, 0.05) is 12.0 Å². The van der Waals surface area contributed by atoms with Gasteiger partial charge in [-0.25, -0.2) is 9.37 Å². The molecule has 108 valence electrons. The van der Waals surface area contributed by atoms with E-state index in [-0.39, 0.29) is 5.82 Å². The van der Waals surface area contributed by atoms with E-state index in [0.29, 0.717) is 25.1 Å². The normalized spacial score (nSPS) is 11.2. The SMILES string of the molecule is Cc1ccc2c(c1)nc(CCN)n2Cc1ccccc1F. The fourth-order valence-corrected chi connectivity index (χ4v) is 2.58. The fraction of sp³-hybridized carbons (Fsp3) is 0.235. The van der Waals surface area contributed by atoms with E-state index in [2.05, 4.69) is 9.55 Å². The fourth-order valence-electron chi connectivity index (χ4n) is 2.58. The van der Waals surface area contributed by atoms with E-state index >= 15 is 0 Å². The van der Waals surface area contributed by atoms with Gasteiger partial charge in [-0.3, -0.25) is 0 Å². The summed E-state index contributed by atoms with van der Waals surface area (Å²) < 4.78 is 16.0. The molecule has 3 nitrogen and oxygen atoms in total. The molecule has 4 heteroatoms. The first-order chi connectivity index (χ1) is 10.2. The van der Waals surface area contributed by atoms with Gasteiger partial charge < -0.3 is 10.3 Å². The predicted molar refractivity (Wildman–Crippen MR) is 82.7 cm³/mol. The molecule has 0 aliphatic heterocycles. The number of benzene rings is 2. The van der Waals surface area contributed by atoms with Crippen molar-refractivity contribution in [3.63, 3.8) is 0 Å². The van der Waals surface area contributed by atoms with Crippen molar-refractivity contribution < 1.29 is 4.39 Å². The Kier molecular flexibility index (Phi) is 3.71. The van der Waals surface area contributed by atoms with E-state index in [4.69, 9.17) is 5.73 Å². The molecule has 0 saturated carbocycles. The van der Waals surface area contributed by atoms with Gasteiger partial charge in [0.2, 0.25) is 0 Å². The molecule has 1 aromatic heterocycles. The Morgan fingerprint density at radius 1 is 1.19 bits per heavy atom. The van der Waals surface area contributed by atoms with Gasteiger partial charge in [0.25, 0.3) is 0 Å². The van der Waals surface area contributed by atoms with Crippen LogP contribution in [-0.4, -0.2) is 16.1 Å². The van der Waals surface area contributed by atoms with Crippen molar-refractivity contribution in [3.05, 3.63) is 65.2 Å². The Morgan fingerprint density at radius 3 is 2.76 bits per heavy atom. The lowest BCUT2D eigenvalue weighted by Gasteiger charge is -2.09. The number of nitrogens with zero attached hydrogens (tertiary/aromatic N) is 2. The first-order valence-electron chi connectivity index (χ1n) is 7.08. The first-order valence-corrected chi connectivity index (χ1v) is 7.08. The zero-order valence-electron chi connectivity index (χ0n) is 12.0. The van der Waals surface area contributed by atoms with E-state index in [1.807, 2.05) is 37.3 Å². The molecule has 0 saturated heterocycles. The van der Waals surface area contributed by atoms with E-state index in [9.17, 15) is 4.39 Å². The maximum absolute atomic E-state index is 13.9. The average Bonchev–Trinajstić information content (AvgIpc) is 2.79. The number of hydrogen-bond acceptors (Lipinski definition) is 2. The van der Waals surface area contributed by atoms with Crippen molar-refractivity contribution in [2.24, 2.45) is 5.73 Å². The summed E-state index contributed by atoms with van der Waals surface area (Å²) in [5.41, 5.74) is 9.46. The summed E-state index contributed by atoms with van der Waals surface area (Å²) in [4.78, 5) is 4.65. The maximum Gasteiger partial charge on any atom is 0.128 e. The summed E-state index contributed by atoms with van der Waals surface area (Å²) >= 11 is 0. The number of nitrogens with two attached hydrogens (primary N) is 1. The molecule has 0 aliphatic carbocycles. The average molecular weight is 283 g/mol. The lowest BCUT2D eigenvalue weighted by Crippen LogP contribution is -2.11. The molecule has 3 rings (SSSR count). The largest absolute Gasteiger partial charge is 0.330 e. The Bertz CT molecular complexity index is 777. The lowest BCUT2D eigenvalue weighted by atomic mass is 10.2. The molecule has 0 aliphatic rings. The van der Waals surface area contributed by atoms with Crippen LogP contribution in [0, 0.1) is 12.7 Å². The van der Waals surface area contributed by atoms with Gasteiger partial charge in [0.15, 0.2) is 0 Å². The lowest BCUT2D eigenvalue weighted by molar-refractivity contribution is 0.597. The minimum Gasteiger partial charge on any atom is -0.330 e. The topological polar surface area (TPSA) is 43.8 Å². The van der Waals surface area contributed by atoms with Gasteiger partial charge in [-0.15, -0.1) is 0 Å². The summed E-state index contributed by atoms with van der Waals surface area (Å²) in [7, 11) is 0. The molecule has 0 fully saturated rings. The van der Waals surface area contributed by atoms with Crippen LogP contribution in [0.5, 0.6) is 0 Å². The third-order valence-corrected chi connectivity index (χ3v) is 3.64. The molecule has 0 atom stereocenters. The highest BCUT2D eigenvalue weighted by Gasteiger charge is 2.12. The molecular weight excluding hydrogens is 265 g/mol. The first kappa shape index (κ1) is 13.8. The molecule has 0 unspecified atom stereocenters. The second-order valence-electron chi connectivity index (χ2n) is 5.24. The highest BCUT2D eigenvalue weighted by molar-refractivity contribution is 5.77. The Hall–Kier alpha value is -2.20. The van der Waals surface area contributed by atoms with E-state index in [0.717, 1.165) is 22.4 Å². The standard InChI is InChI=1S/C17H18FN3/c1-12-6-7-16-15(10-12)20-17(8-9-19)21(16)11-13-4-2-3-5-14(13)18/h2-7,10H,8-9,11,19H2,1H3. The summed E-state index contributed by atoms with van der Waals surface area (Å²) in [5.74, 6) is 0.714. The predicted octanol–water partition coefficient (Wildman–Crippen LogP) is 3.03. The number of aromatic nitrogens is 2. The third-order valence-electron chi connectivity index (χ3n) is 3.64. The van der Waals surface area contributed by atoms with Crippen LogP contribution < -0.4 is 5.73 Å². The monoisotopic (exact) mass is 283 g/mol. The van der Waals surface area contributed by atoms with Gasteiger partial charge in [-0.1, -0.05) is 24.3 Å². The second kappa shape index (κ2) is 5.66. The number of hydrogen-bond donors (Lipinski definition) is 1. The van der Waals surface area contributed by atoms with Crippen molar-refractivity contribution in [1.82, 2.24) is 9.55 Å². The quantitative estimate of drug-likeness (QED) is 0.800. The van der Waals surface area contributed by atoms with Crippen LogP contribution in [0.4, 0.5) is 4.39 Å². The number of rotatable bonds is 4. The van der Waals surface area contributed by atoms with Crippen LogP contribution >= 0.6 is 0 Å². The van der Waals surface area contributed by atoms with Gasteiger partial charge in [-0.05, 0) is 37.2 Å². The van der Waals surface area contributed by atoms with Crippen LogP contribution in [0.15, 0.2) is 42.5 Å². The van der Waals surface area contributed by atoms with Crippen LogP contribution in [-0.2, 0) is 13.0 Å². The molecule has 2 N–H and O–H groups in total. The third kappa shape index (κ3) is 2.67. The second-order valence-corrected chi connectivity index (χ2v) is 5.24. The summed E-state index contributed by atoms with van der Waals surface area (Å²) in [6.45, 7) is 3.04. The van der Waals surface area contributed by atoms with Crippen LogP contribution in [0.2, 0.25) is 0 Å². The molecule has 0 bridgehead atoms. The summed E-state index contributed by atoms with van der Waals surface area (Å²) in [6, 6.07) is 13.0. The van der Waals surface area contributed by atoms with E-state index in [1.165, 1.54) is 6.07 Å². The van der Waals surface area contributed by atoms with Crippen LogP contribution in [0.25, 0.3) is 11.0 Å². The molecule has 21 heavy (non-hydrogen) atoms. The highest BCUT2D eigenvalue weighted by Crippen LogP contribution is 2.20. The van der Waals surface area contributed by atoms with Crippen molar-refractivity contribution >= 4 is 11.0 Å². The van der Waals surface area contributed by atoms with Crippen LogP contribution in [0.1, 0.15) is 17.0 Å². The van der Waals surface area contributed by atoms with Gasteiger partial charge >= 0.3 is 0 Å². The zero-order valence-corrected chi connectivity index (χ0v) is 12.0. The molecule has 0 amide bonds. The van der Waals surface area contributed by atoms with Crippen LogP contribution in [0.3, 0.4) is 0 Å². The van der Waals surface area contributed by atoms with Gasteiger partial charge in [0.1, 0.15) is 11.6 Å². The molecular formula is C17H18FN3. The Balaban J connectivity index is 2.11. The van der Waals surface area contributed by atoms with Crippen molar-refractivity contribution in [2.45, 2.75) is 19.9 Å². The zero-order chi connectivity index (χ0) is 14.8. The molecule has 1 heterocycles. The van der Waals surface area contributed by atoms with Gasteiger partial charge in [-0.2, -0.15) is 0 Å². The molecule has 2 aromatic carbocycles. The maximum atomic E-state index is 13.9. The number of fused-ring (bicyclic) bond motifs is 1. The number of imidazole rings is 1. The summed E-state index contributed by atoms with van der Waals surface area (Å²) in [5, 5.41) is 0. The molecule has 3 aromatic rings. The van der Waals surface area contributed by atoms with Crippen molar-refractivity contribution in [2.75, 3.05) is 6.54 Å². The molecule has 0 radical (unpaired) electrons. The Morgan fingerprint density at radius 2 is 2.00 bits per heavy atom. The van der Waals surface area contributed by atoms with E-state index in [1.54, 1.807) is 6.07 Å². The molecule has 0 spiro atoms. The van der Waals surface area contributed by atoms with Crippen molar-refractivity contribution in [3.8, 4) is 0 Å². The van der Waals surface area contributed by atoms with Crippen molar-refractivity contribution in [1.29, 1.82) is 0 Å². The smallest absolute Gasteiger partial charge is 0.128 e. The minimum atomic E-state index is -0.190. The minimum absolute atomic E-state index is 0.190. The highest BCUT2D eigenvalue weighted by atomic mass is 19.1. The Labute approximate surface area is 123 Å². The number of halogens is 1. The number of aryl methyl sites for hydroxylation is 1. The van der Waals surface area contributed by atoms with Gasteiger partial charge in [0.05, 0.1) is 17.6 Å². The van der Waals surface area contributed by atoms with E-state index < -0.39 is 0 Å².